The second-order valence-electron chi connectivity index (χ2n) is 6.28. The zero-order chi connectivity index (χ0) is 18.9. The van der Waals surface area contributed by atoms with Crippen molar-refractivity contribution in [3.8, 4) is 0 Å². The van der Waals surface area contributed by atoms with E-state index in [1.54, 1.807) is 12.1 Å². The Morgan fingerprint density at radius 1 is 1.15 bits per heavy atom. The van der Waals surface area contributed by atoms with Crippen LogP contribution in [0.15, 0.2) is 24.3 Å². The van der Waals surface area contributed by atoms with E-state index in [-0.39, 0.29) is 5.92 Å². The first kappa shape index (κ1) is 20.6. The maximum atomic E-state index is 12.0. The van der Waals surface area contributed by atoms with Gasteiger partial charge in [0.2, 0.25) is 0 Å². The molecule has 0 aromatic heterocycles. The summed E-state index contributed by atoms with van der Waals surface area (Å²) in [4.78, 5) is 35.1. The molecular weight excluding hydrogens is 372 g/mol. The van der Waals surface area contributed by atoms with Gasteiger partial charge in [-0.25, -0.2) is 9.59 Å². The number of esters is 1. The van der Waals surface area contributed by atoms with Gasteiger partial charge in [0.1, 0.15) is 0 Å². The summed E-state index contributed by atoms with van der Waals surface area (Å²) in [6.07, 6.45) is 1.23. The van der Waals surface area contributed by atoms with Gasteiger partial charge in [-0.2, -0.15) is 0 Å². The smallest absolute Gasteiger partial charge is 0.338 e. The molecule has 0 saturated carbocycles. The normalized spacial score (nSPS) is 14.7. The van der Waals surface area contributed by atoms with Crippen molar-refractivity contribution in [2.45, 2.75) is 24.9 Å². The molecule has 3 amide bonds. The van der Waals surface area contributed by atoms with Crippen LogP contribution in [-0.2, 0) is 9.53 Å². The van der Waals surface area contributed by atoms with E-state index in [2.05, 4.69) is 10.6 Å². The second kappa shape index (κ2) is 10.5. The van der Waals surface area contributed by atoms with Crippen LogP contribution in [-0.4, -0.2) is 42.6 Å². The summed E-state index contributed by atoms with van der Waals surface area (Å²) in [5.41, 5.74) is 1.56. The topological polar surface area (TPSA) is 84.5 Å². The number of thioether (sulfide) groups is 2. The first-order chi connectivity index (χ1) is 12.5. The minimum Gasteiger partial charge on any atom is -0.452 e. The van der Waals surface area contributed by atoms with E-state index in [1.807, 2.05) is 49.5 Å². The standard InChI is InChI=1S/C18H24N2O4S2/c1-12(2)10-19-18(23)20-15(21)11-24-16(22)13-4-6-14(7-5-13)17-25-8-3-9-26-17/h4-7,12,17H,3,8-11H2,1-2H3,(H2,19,20,21,23). The monoisotopic (exact) mass is 396 g/mol. The fourth-order valence-corrected chi connectivity index (χ4v) is 5.07. The molecule has 0 bridgehead atoms. The van der Waals surface area contributed by atoms with E-state index in [0.29, 0.717) is 16.7 Å². The van der Waals surface area contributed by atoms with E-state index in [0.717, 1.165) is 11.5 Å². The van der Waals surface area contributed by atoms with Crippen molar-refractivity contribution < 1.29 is 19.1 Å². The van der Waals surface area contributed by atoms with Gasteiger partial charge < -0.3 is 10.1 Å². The van der Waals surface area contributed by atoms with Crippen LogP contribution in [0.2, 0.25) is 0 Å². The number of hydrogen-bond acceptors (Lipinski definition) is 6. The minimum atomic E-state index is -0.661. The quantitative estimate of drug-likeness (QED) is 0.719. The lowest BCUT2D eigenvalue weighted by atomic mass is 10.1. The largest absolute Gasteiger partial charge is 0.452 e. The molecule has 2 rings (SSSR count). The SMILES string of the molecule is CC(C)CNC(=O)NC(=O)COC(=O)c1ccc(C2SCCCS2)cc1. The first-order valence-corrected chi connectivity index (χ1v) is 10.6. The van der Waals surface area contributed by atoms with Gasteiger partial charge in [-0.05, 0) is 41.5 Å². The predicted molar refractivity (Wildman–Crippen MR) is 105 cm³/mol. The summed E-state index contributed by atoms with van der Waals surface area (Å²) in [5.74, 6) is 1.34. The lowest BCUT2D eigenvalue weighted by molar-refractivity contribution is -0.123. The van der Waals surface area contributed by atoms with E-state index in [9.17, 15) is 14.4 Å². The zero-order valence-corrected chi connectivity index (χ0v) is 16.6. The average molecular weight is 397 g/mol. The highest BCUT2D eigenvalue weighted by atomic mass is 32.2. The molecule has 0 unspecified atom stereocenters. The third-order valence-corrected chi connectivity index (χ3v) is 6.52. The van der Waals surface area contributed by atoms with Crippen molar-refractivity contribution in [1.82, 2.24) is 10.6 Å². The van der Waals surface area contributed by atoms with E-state index < -0.39 is 24.5 Å². The van der Waals surface area contributed by atoms with Crippen molar-refractivity contribution in [2.75, 3.05) is 24.7 Å². The third-order valence-electron chi connectivity index (χ3n) is 3.50. The number of carbonyl (C=O) groups excluding carboxylic acids is 3. The molecule has 1 aromatic rings. The fourth-order valence-electron chi connectivity index (χ4n) is 2.17. The number of benzene rings is 1. The second-order valence-corrected chi connectivity index (χ2v) is 9.00. The van der Waals surface area contributed by atoms with Gasteiger partial charge in [-0.15, -0.1) is 23.5 Å². The summed E-state index contributed by atoms with van der Waals surface area (Å²) >= 11 is 3.82. The zero-order valence-electron chi connectivity index (χ0n) is 14.9. The van der Waals surface area contributed by atoms with Gasteiger partial charge in [0, 0.05) is 6.54 Å². The molecule has 0 aliphatic carbocycles. The number of rotatable bonds is 6. The Hall–Kier alpha value is -1.67. The molecule has 1 fully saturated rings. The highest BCUT2D eigenvalue weighted by Crippen LogP contribution is 2.43. The first-order valence-electron chi connectivity index (χ1n) is 8.53. The molecular formula is C18H24N2O4S2. The number of hydrogen-bond donors (Lipinski definition) is 2. The van der Waals surface area contributed by atoms with Crippen LogP contribution in [0.4, 0.5) is 4.79 Å². The summed E-state index contributed by atoms with van der Waals surface area (Å²) in [6, 6.07) is 6.67. The molecule has 1 aliphatic heterocycles. The molecule has 142 valence electrons. The molecule has 1 saturated heterocycles. The summed E-state index contributed by atoms with van der Waals surface area (Å²) in [5, 5.41) is 4.68. The lowest BCUT2D eigenvalue weighted by Gasteiger charge is -2.21. The number of urea groups is 1. The Bertz CT molecular complexity index is 629. The number of nitrogens with one attached hydrogen (secondary N) is 2. The molecule has 2 N–H and O–H groups in total. The maximum Gasteiger partial charge on any atom is 0.338 e. The Balaban J connectivity index is 1.76. The molecule has 1 heterocycles. The van der Waals surface area contributed by atoms with Crippen LogP contribution in [0.5, 0.6) is 0 Å². The van der Waals surface area contributed by atoms with Gasteiger partial charge in [-0.1, -0.05) is 26.0 Å². The molecule has 6 nitrogen and oxygen atoms in total. The van der Waals surface area contributed by atoms with E-state index in [4.69, 9.17) is 4.74 Å². The number of carbonyl (C=O) groups is 3. The van der Waals surface area contributed by atoms with Crippen LogP contribution < -0.4 is 10.6 Å². The van der Waals surface area contributed by atoms with Crippen LogP contribution >= 0.6 is 23.5 Å². The molecule has 8 heteroatoms. The highest BCUT2D eigenvalue weighted by Gasteiger charge is 2.17. The Labute approximate surface area is 162 Å². The highest BCUT2D eigenvalue weighted by molar-refractivity contribution is 8.16. The predicted octanol–water partition coefficient (Wildman–Crippen LogP) is 3.19. The lowest BCUT2D eigenvalue weighted by Crippen LogP contribution is -2.42. The summed E-state index contributed by atoms with van der Waals surface area (Å²) < 4.78 is 5.37. The number of imide groups is 1. The molecule has 0 atom stereocenters. The van der Waals surface area contributed by atoms with Crippen molar-refractivity contribution in [2.24, 2.45) is 5.92 Å². The summed E-state index contributed by atoms with van der Waals surface area (Å²) in [7, 11) is 0. The molecule has 0 radical (unpaired) electrons. The van der Waals surface area contributed by atoms with E-state index >= 15 is 0 Å². The molecule has 0 spiro atoms. The van der Waals surface area contributed by atoms with Crippen molar-refractivity contribution in [3.63, 3.8) is 0 Å². The van der Waals surface area contributed by atoms with Gasteiger partial charge in [0.15, 0.2) is 6.61 Å². The summed E-state index contributed by atoms with van der Waals surface area (Å²) in [6.45, 7) is 3.86. The van der Waals surface area contributed by atoms with Gasteiger partial charge in [0.05, 0.1) is 10.1 Å². The minimum absolute atomic E-state index is 0.280. The number of amides is 3. The number of ether oxygens (including phenoxy) is 1. The fraction of sp³-hybridized carbons (Fsp3) is 0.500. The maximum absolute atomic E-state index is 12.0. The van der Waals surface area contributed by atoms with E-state index in [1.165, 1.54) is 12.0 Å². The van der Waals surface area contributed by atoms with Crippen LogP contribution in [0, 0.1) is 5.92 Å². The Morgan fingerprint density at radius 3 is 2.42 bits per heavy atom. The van der Waals surface area contributed by atoms with Gasteiger partial charge >= 0.3 is 12.0 Å². The van der Waals surface area contributed by atoms with Crippen molar-refractivity contribution in [1.29, 1.82) is 0 Å². The van der Waals surface area contributed by atoms with Crippen LogP contribution in [0.3, 0.4) is 0 Å². The molecule has 1 aliphatic rings. The van der Waals surface area contributed by atoms with Crippen molar-refractivity contribution >= 4 is 41.4 Å². The van der Waals surface area contributed by atoms with Crippen LogP contribution in [0.1, 0.15) is 40.8 Å². The van der Waals surface area contributed by atoms with Gasteiger partial charge in [0.25, 0.3) is 5.91 Å². The molecule has 1 aromatic carbocycles. The average Bonchev–Trinajstić information content (AvgIpc) is 2.65. The van der Waals surface area contributed by atoms with Gasteiger partial charge in [-0.3, -0.25) is 10.1 Å². The van der Waals surface area contributed by atoms with Crippen molar-refractivity contribution in [3.05, 3.63) is 35.4 Å². The van der Waals surface area contributed by atoms with Crippen LogP contribution in [0.25, 0.3) is 0 Å². The third kappa shape index (κ3) is 6.92. The Kier molecular flexibility index (Phi) is 8.31. The Morgan fingerprint density at radius 2 is 1.81 bits per heavy atom. The molecule has 26 heavy (non-hydrogen) atoms.